The van der Waals surface area contributed by atoms with Crippen molar-refractivity contribution in [3.05, 3.63) is 101 Å². The first-order valence-electron chi connectivity index (χ1n) is 10.2. The summed E-state index contributed by atoms with van der Waals surface area (Å²) in [7, 11) is 0. The summed E-state index contributed by atoms with van der Waals surface area (Å²) in [6.07, 6.45) is 1.45. The van der Waals surface area contributed by atoms with E-state index in [1.807, 2.05) is 44.2 Å². The van der Waals surface area contributed by atoms with Crippen LogP contribution in [-0.4, -0.2) is 17.8 Å². The zero-order valence-electron chi connectivity index (χ0n) is 17.8. The number of amides is 4. The van der Waals surface area contributed by atoms with Gasteiger partial charge in [0.05, 0.1) is 5.69 Å². The van der Waals surface area contributed by atoms with Gasteiger partial charge in [-0.05, 0) is 43.7 Å². The number of barbiturate groups is 1. The van der Waals surface area contributed by atoms with Gasteiger partial charge in [-0.15, -0.1) is 0 Å². The van der Waals surface area contributed by atoms with Crippen molar-refractivity contribution in [2.75, 3.05) is 4.90 Å². The Hall–Kier alpha value is -4.19. The molecule has 0 atom stereocenters. The molecule has 0 saturated carbocycles. The van der Waals surface area contributed by atoms with Gasteiger partial charge in [-0.25, -0.2) is 9.69 Å². The Kier molecular flexibility index (Phi) is 5.85. The fourth-order valence-electron chi connectivity index (χ4n) is 3.32. The molecule has 1 heterocycles. The third-order valence-corrected chi connectivity index (χ3v) is 5.13. The van der Waals surface area contributed by atoms with E-state index in [1.54, 1.807) is 42.5 Å². The van der Waals surface area contributed by atoms with E-state index in [4.69, 9.17) is 4.74 Å². The van der Waals surface area contributed by atoms with Crippen molar-refractivity contribution in [3.63, 3.8) is 0 Å². The van der Waals surface area contributed by atoms with Gasteiger partial charge < -0.3 is 4.74 Å². The second kappa shape index (κ2) is 8.89. The van der Waals surface area contributed by atoms with Gasteiger partial charge in [-0.2, -0.15) is 0 Å². The summed E-state index contributed by atoms with van der Waals surface area (Å²) in [4.78, 5) is 38.9. The summed E-state index contributed by atoms with van der Waals surface area (Å²) < 4.78 is 5.95. The molecule has 0 aromatic heterocycles. The van der Waals surface area contributed by atoms with E-state index in [1.165, 1.54) is 6.08 Å². The predicted octanol–water partition coefficient (Wildman–Crippen LogP) is 4.55. The summed E-state index contributed by atoms with van der Waals surface area (Å²) in [5, 5.41) is 2.24. The molecule has 0 spiro atoms. The number of urea groups is 1. The van der Waals surface area contributed by atoms with E-state index < -0.39 is 17.8 Å². The maximum absolute atomic E-state index is 13.1. The fraction of sp³-hybridized carbons (Fsp3) is 0.115. The van der Waals surface area contributed by atoms with Crippen LogP contribution in [0.1, 0.15) is 22.3 Å². The van der Waals surface area contributed by atoms with Crippen molar-refractivity contribution in [2.24, 2.45) is 0 Å². The molecule has 0 radical (unpaired) electrons. The van der Waals surface area contributed by atoms with Crippen LogP contribution in [0.15, 0.2) is 78.4 Å². The molecule has 1 fully saturated rings. The minimum Gasteiger partial charge on any atom is -0.488 e. The van der Waals surface area contributed by atoms with E-state index in [2.05, 4.69) is 5.32 Å². The lowest BCUT2D eigenvalue weighted by atomic mass is 10.1. The first-order chi connectivity index (χ1) is 15.4. The molecule has 0 aliphatic carbocycles. The van der Waals surface area contributed by atoms with E-state index in [0.29, 0.717) is 23.6 Å². The number of imide groups is 2. The molecule has 0 unspecified atom stereocenters. The number of hydrogen-bond donors (Lipinski definition) is 1. The molecule has 1 aliphatic heterocycles. The quantitative estimate of drug-likeness (QED) is 0.480. The topological polar surface area (TPSA) is 75.7 Å². The zero-order chi connectivity index (χ0) is 22.7. The second-order valence-electron chi connectivity index (χ2n) is 7.61. The molecule has 160 valence electrons. The molecule has 4 amide bonds. The number of carbonyl (C=O) groups is 3. The summed E-state index contributed by atoms with van der Waals surface area (Å²) in [6.45, 7) is 4.27. The largest absolute Gasteiger partial charge is 0.488 e. The molecule has 1 saturated heterocycles. The van der Waals surface area contributed by atoms with Gasteiger partial charge in [0.15, 0.2) is 0 Å². The van der Waals surface area contributed by atoms with Crippen LogP contribution in [-0.2, 0) is 16.2 Å². The number of anilines is 1. The van der Waals surface area contributed by atoms with Crippen LogP contribution in [0, 0.1) is 13.8 Å². The Labute approximate surface area is 186 Å². The lowest BCUT2D eigenvalue weighted by molar-refractivity contribution is -0.122. The second-order valence-corrected chi connectivity index (χ2v) is 7.61. The van der Waals surface area contributed by atoms with E-state index in [-0.39, 0.29) is 5.57 Å². The number of nitrogens with one attached hydrogen (secondary N) is 1. The zero-order valence-corrected chi connectivity index (χ0v) is 17.8. The summed E-state index contributed by atoms with van der Waals surface area (Å²) >= 11 is 0. The molecule has 32 heavy (non-hydrogen) atoms. The van der Waals surface area contributed by atoms with E-state index >= 15 is 0 Å². The smallest absolute Gasteiger partial charge is 0.335 e. The lowest BCUT2D eigenvalue weighted by Gasteiger charge is -2.26. The maximum atomic E-state index is 13.1. The SMILES string of the molecule is Cc1ccc(COc2ccccc2/C=C2\C(=O)NC(=O)N(c3ccc(C)cc3)C2=O)cc1. The van der Waals surface area contributed by atoms with Gasteiger partial charge in [0.25, 0.3) is 11.8 Å². The van der Waals surface area contributed by atoms with E-state index in [9.17, 15) is 14.4 Å². The third kappa shape index (κ3) is 4.44. The minimum atomic E-state index is -0.773. The van der Waals surface area contributed by atoms with Crippen molar-refractivity contribution < 1.29 is 19.1 Å². The van der Waals surface area contributed by atoms with Crippen LogP contribution < -0.4 is 15.0 Å². The van der Waals surface area contributed by atoms with Gasteiger partial charge in [0.2, 0.25) is 0 Å². The summed E-state index contributed by atoms with van der Waals surface area (Å²) in [5.41, 5.74) is 3.97. The number of aryl methyl sites for hydroxylation is 2. The van der Waals surface area contributed by atoms with Crippen LogP contribution in [0.2, 0.25) is 0 Å². The normalized spacial score (nSPS) is 15.1. The number of carbonyl (C=O) groups excluding carboxylic acids is 3. The Morgan fingerprint density at radius 2 is 1.47 bits per heavy atom. The number of rotatable bonds is 5. The van der Waals surface area contributed by atoms with Crippen molar-refractivity contribution in [1.82, 2.24) is 5.32 Å². The minimum absolute atomic E-state index is 0.142. The molecule has 6 heteroatoms. The average Bonchev–Trinajstić information content (AvgIpc) is 2.78. The van der Waals surface area contributed by atoms with Crippen LogP contribution in [0.5, 0.6) is 5.75 Å². The van der Waals surface area contributed by atoms with Gasteiger partial charge in [-0.1, -0.05) is 65.7 Å². The molecule has 6 nitrogen and oxygen atoms in total. The monoisotopic (exact) mass is 426 g/mol. The first kappa shape index (κ1) is 21.1. The Bertz CT molecular complexity index is 1210. The Balaban J connectivity index is 1.62. The molecule has 3 aromatic carbocycles. The van der Waals surface area contributed by atoms with Crippen molar-refractivity contribution in [1.29, 1.82) is 0 Å². The number of benzene rings is 3. The van der Waals surface area contributed by atoms with Crippen LogP contribution in [0.3, 0.4) is 0 Å². The van der Waals surface area contributed by atoms with Crippen molar-refractivity contribution >= 4 is 29.6 Å². The van der Waals surface area contributed by atoms with Gasteiger partial charge in [0, 0.05) is 5.56 Å². The predicted molar refractivity (Wildman–Crippen MR) is 122 cm³/mol. The summed E-state index contributed by atoms with van der Waals surface area (Å²) in [6, 6.07) is 21.3. The van der Waals surface area contributed by atoms with Gasteiger partial charge >= 0.3 is 6.03 Å². The molecular weight excluding hydrogens is 404 g/mol. The Morgan fingerprint density at radius 3 is 2.16 bits per heavy atom. The van der Waals surface area contributed by atoms with Gasteiger partial charge in [-0.3, -0.25) is 14.9 Å². The van der Waals surface area contributed by atoms with Crippen molar-refractivity contribution in [2.45, 2.75) is 20.5 Å². The highest BCUT2D eigenvalue weighted by atomic mass is 16.5. The third-order valence-electron chi connectivity index (χ3n) is 5.13. The highest BCUT2D eigenvalue weighted by molar-refractivity contribution is 6.39. The van der Waals surface area contributed by atoms with E-state index in [0.717, 1.165) is 21.6 Å². The molecule has 0 bridgehead atoms. The highest BCUT2D eigenvalue weighted by Crippen LogP contribution is 2.26. The average molecular weight is 426 g/mol. The molecule has 3 aromatic rings. The fourth-order valence-corrected chi connectivity index (χ4v) is 3.32. The lowest BCUT2D eigenvalue weighted by Crippen LogP contribution is -2.54. The number of para-hydroxylation sites is 1. The Morgan fingerprint density at radius 1 is 0.844 bits per heavy atom. The molecular formula is C26H22N2O4. The van der Waals surface area contributed by atoms with Crippen molar-refractivity contribution in [3.8, 4) is 5.75 Å². The highest BCUT2D eigenvalue weighted by Gasteiger charge is 2.36. The molecule has 1 aliphatic rings. The maximum Gasteiger partial charge on any atom is 0.335 e. The number of nitrogens with zero attached hydrogens (tertiary/aromatic N) is 1. The van der Waals surface area contributed by atoms with Gasteiger partial charge in [0.1, 0.15) is 17.9 Å². The molecule has 4 rings (SSSR count). The number of ether oxygens (including phenoxy) is 1. The standard InChI is InChI=1S/C26H22N2O4/c1-17-7-11-19(12-8-17)16-32-23-6-4-3-5-20(23)15-22-24(29)27-26(31)28(25(22)30)21-13-9-18(2)10-14-21/h3-15H,16H2,1-2H3,(H,27,29,31)/b22-15+. The number of hydrogen-bond acceptors (Lipinski definition) is 4. The van der Waals surface area contributed by atoms with Crippen LogP contribution >= 0.6 is 0 Å². The first-order valence-corrected chi connectivity index (χ1v) is 10.2. The summed E-state index contributed by atoms with van der Waals surface area (Å²) in [5.74, 6) is -0.896. The van der Waals surface area contributed by atoms with Crippen LogP contribution in [0.4, 0.5) is 10.5 Å². The molecule has 1 N–H and O–H groups in total. The van der Waals surface area contributed by atoms with Crippen LogP contribution in [0.25, 0.3) is 6.08 Å².